The molecule has 1 aromatic carbocycles. The molecule has 1 heterocycles. The Labute approximate surface area is 95.0 Å². The highest BCUT2D eigenvalue weighted by Gasteiger charge is 2.23. The van der Waals surface area contributed by atoms with E-state index in [1.807, 2.05) is 19.9 Å². The van der Waals surface area contributed by atoms with Crippen molar-refractivity contribution in [3.63, 3.8) is 0 Å². The predicted molar refractivity (Wildman–Crippen MR) is 60.9 cm³/mol. The molecule has 1 aliphatic heterocycles. The fourth-order valence-corrected chi connectivity index (χ4v) is 1.87. The zero-order chi connectivity index (χ0) is 11.7. The van der Waals surface area contributed by atoms with E-state index in [9.17, 15) is 5.11 Å². The van der Waals surface area contributed by atoms with Gasteiger partial charge >= 0.3 is 0 Å². The van der Waals surface area contributed by atoms with Crippen LogP contribution < -0.4 is 15.2 Å². The summed E-state index contributed by atoms with van der Waals surface area (Å²) in [6, 6.07) is 1.92. The molecule has 0 radical (unpaired) electrons. The molecular weight excluding hydrogens is 206 g/mol. The van der Waals surface area contributed by atoms with Gasteiger partial charge in [0.15, 0.2) is 11.5 Å². The standard InChI is InChI=1S/C12H17NO3/c1-7-5-9(10(14)6-13)12-11(8(7)2)15-3-4-16-12/h5,10,14H,3-4,6,13H2,1-2H3. The average Bonchev–Trinajstić information content (AvgIpc) is 2.33. The van der Waals surface area contributed by atoms with Gasteiger partial charge in [0.25, 0.3) is 0 Å². The van der Waals surface area contributed by atoms with Crippen molar-refractivity contribution in [2.45, 2.75) is 20.0 Å². The van der Waals surface area contributed by atoms with Crippen molar-refractivity contribution in [1.82, 2.24) is 0 Å². The molecule has 4 heteroatoms. The van der Waals surface area contributed by atoms with Gasteiger partial charge < -0.3 is 20.3 Å². The predicted octanol–water partition coefficient (Wildman–Crippen LogP) is 1.07. The molecule has 0 saturated carbocycles. The lowest BCUT2D eigenvalue weighted by molar-refractivity contribution is 0.148. The van der Waals surface area contributed by atoms with Crippen LogP contribution in [0.2, 0.25) is 0 Å². The highest BCUT2D eigenvalue weighted by molar-refractivity contribution is 5.56. The van der Waals surface area contributed by atoms with Gasteiger partial charge in [-0.25, -0.2) is 0 Å². The highest BCUT2D eigenvalue weighted by Crippen LogP contribution is 2.41. The van der Waals surface area contributed by atoms with Crippen LogP contribution in [0.5, 0.6) is 11.5 Å². The molecule has 16 heavy (non-hydrogen) atoms. The van der Waals surface area contributed by atoms with E-state index in [4.69, 9.17) is 15.2 Å². The highest BCUT2D eigenvalue weighted by atomic mass is 16.6. The van der Waals surface area contributed by atoms with Crippen LogP contribution in [-0.4, -0.2) is 24.9 Å². The van der Waals surface area contributed by atoms with Crippen molar-refractivity contribution in [1.29, 1.82) is 0 Å². The maximum Gasteiger partial charge on any atom is 0.167 e. The first-order chi connectivity index (χ1) is 7.65. The topological polar surface area (TPSA) is 64.7 Å². The van der Waals surface area contributed by atoms with Crippen molar-refractivity contribution in [2.24, 2.45) is 5.73 Å². The van der Waals surface area contributed by atoms with Crippen molar-refractivity contribution < 1.29 is 14.6 Å². The van der Waals surface area contributed by atoms with E-state index >= 15 is 0 Å². The van der Waals surface area contributed by atoms with Crippen LogP contribution in [0, 0.1) is 13.8 Å². The van der Waals surface area contributed by atoms with E-state index in [-0.39, 0.29) is 6.54 Å². The minimum atomic E-state index is -0.699. The fourth-order valence-electron chi connectivity index (χ4n) is 1.87. The SMILES string of the molecule is Cc1cc(C(O)CN)c2c(c1C)OCCO2. The fraction of sp³-hybridized carbons (Fsp3) is 0.500. The number of hydrogen-bond acceptors (Lipinski definition) is 4. The van der Waals surface area contributed by atoms with Crippen molar-refractivity contribution in [3.05, 3.63) is 22.8 Å². The zero-order valence-electron chi connectivity index (χ0n) is 9.62. The monoisotopic (exact) mass is 223 g/mol. The zero-order valence-corrected chi connectivity index (χ0v) is 9.62. The number of hydrogen-bond donors (Lipinski definition) is 2. The van der Waals surface area contributed by atoms with Crippen LogP contribution >= 0.6 is 0 Å². The van der Waals surface area contributed by atoms with Gasteiger partial charge in [0.05, 0.1) is 6.10 Å². The van der Waals surface area contributed by atoms with Gasteiger partial charge in [-0.3, -0.25) is 0 Å². The van der Waals surface area contributed by atoms with Crippen LogP contribution in [0.1, 0.15) is 22.8 Å². The van der Waals surface area contributed by atoms with E-state index in [1.54, 1.807) is 0 Å². The number of aryl methyl sites for hydroxylation is 1. The van der Waals surface area contributed by atoms with Gasteiger partial charge in [-0.05, 0) is 31.0 Å². The molecule has 1 unspecified atom stereocenters. The molecule has 1 aromatic rings. The van der Waals surface area contributed by atoms with Crippen molar-refractivity contribution in [2.75, 3.05) is 19.8 Å². The number of rotatable bonds is 2. The molecule has 88 valence electrons. The van der Waals surface area contributed by atoms with E-state index < -0.39 is 6.10 Å². The quantitative estimate of drug-likeness (QED) is 0.787. The van der Waals surface area contributed by atoms with Crippen LogP contribution in [0.4, 0.5) is 0 Å². The normalized spacial score (nSPS) is 16.0. The van der Waals surface area contributed by atoms with Crippen molar-refractivity contribution in [3.8, 4) is 11.5 Å². The number of benzene rings is 1. The van der Waals surface area contributed by atoms with E-state index in [0.29, 0.717) is 19.0 Å². The van der Waals surface area contributed by atoms with E-state index in [2.05, 4.69) is 0 Å². The summed E-state index contributed by atoms with van der Waals surface area (Å²) >= 11 is 0. The van der Waals surface area contributed by atoms with Crippen LogP contribution in [-0.2, 0) is 0 Å². The number of ether oxygens (including phenoxy) is 2. The third-order valence-electron chi connectivity index (χ3n) is 2.93. The molecule has 0 saturated heterocycles. The van der Waals surface area contributed by atoms with Crippen LogP contribution in [0.25, 0.3) is 0 Å². The van der Waals surface area contributed by atoms with E-state index in [1.165, 1.54) is 0 Å². The summed E-state index contributed by atoms with van der Waals surface area (Å²) in [4.78, 5) is 0. The Balaban J connectivity index is 2.57. The Hall–Kier alpha value is -1.26. The molecule has 2 rings (SSSR count). The number of aliphatic hydroxyl groups excluding tert-OH is 1. The lowest BCUT2D eigenvalue weighted by atomic mass is 9.99. The summed E-state index contributed by atoms with van der Waals surface area (Å²) in [5.74, 6) is 1.39. The average molecular weight is 223 g/mol. The summed E-state index contributed by atoms with van der Waals surface area (Å²) in [6.45, 7) is 5.22. The van der Waals surface area contributed by atoms with Crippen LogP contribution in [0.3, 0.4) is 0 Å². The third kappa shape index (κ3) is 1.74. The van der Waals surface area contributed by atoms with Gasteiger partial charge in [0, 0.05) is 12.1 Å². The minimum absolute atomic E-state index is 0.179. The Bertz CT molecular complexity index is 404. The number of aliphatic hydroxyl groups is 1. The summed E-state index contributed by atoms with van der Waals surface area (Å²) in [5, 5.41) is 9.84. The Morgan fingerprint density at radius 1 is 1.31 bits per heavy atom. The number of nitrogens with two attached hydrogens (primary N) is 1. The number of fused-ring (bicyclic) bond motifs is 1. The maximum atomic E-state index is 9.84. The largest absolute Gasteiger partial charge is 0.486 e. The summed E-state index contributed by atoms with van der Waals surface area (Å²) < 4.78 is 11.2. The van der Waals surface area contributed by atoms with Crippen molar-refractivity contribution >= 4 is 0 Å². The summed E-state index contributed by atoms with van der Waals surface area (Å²) in [6.07, 6.45) is -0.699. The Morgan fingerprint density at radius 3 is 2.56 bits per heavy atom. The van der Waals surface area contributed by atoms with Gasteiger partial charge in [-0.15, -0.1) is 0 Å². The second kappa shape index (κ2) is 4.31. The molecule has 3 N–H and O–H groups in total. The van der Waals surface area contributed by atoms with E-state index in [0.717, 1.165) is 22.4 Å². The third-order valence-corrected chi connectivity index (χ3v) is 2.93. The Morgan fingerprint density at radius 2 is 1.94 bits per heavy atom. The van der Waals surface area contributed by atoms with Crippen LogP contribution in [0.15, 0.2) is 6.07 Å². The molecule has 0 amide bonds. The first-order valence-corrected chi connectivity index (χ1v) is 5.43. The van der Waals surface area contributed by atoms with Gasteiger partial charge in [-0.2, -0.15) is 0 Å². The molecule has 0 fully saturated rings. The van der Waals surface area contributed by atoms with Gasteiger partial charge in [0.2, 0.25) is 0 Å². The first-order valence-electron chi connectivity index (χ1n) is 5.43. The molecular formula is C12H17NO3. The lowest BCUT2D eigenvalue weighted by Crippen LogP contribution is -2.20. The maximum absolute atomic E-state index is 9.84. The first kappa shape index (κ1) is 11.2. The summed E-state index contributed by atoms with van der Waals surface area (Å²) in [5.41, 5.74) is 8.34. The molecule has 0 bridgehead atoms. The molecule has 1 atom stereocenters. The van der Waals surface area contributed by atoms with Gasteiger partial charge in [0.1, 0.15) is 13.2 Å². The molecule has 0 aromatic heterocycles. The Kier molecular flexibility index (Phi) is 3.03. The molecule has 0 aliphatic carbocycles. The second-order valence-electron chi connectivity index (χ2n) is 4.01. The minimum Gasteiger partial charge on any atom is -0.486 e. The second-order valence-corrected chi connectivity index (χ2v) is 4.01. The molecule has 0 spiro atoms. The van der Waals surface area contributed by atoms with Gasteiger partial charge in [-0.1, -0.05) is 0 Å². The molecule has 1 aliphatic rings. The smallest absolute Gasteiger partial charge is 0.167 e. The lowest BCUT2D eigenvalue weighted by Gasteiger charge is -2.25. The molecule has 4 nitrogen and oxygen atoms in total. The summed E-state index contributed by atoms with van der Waals surface area (Å²) in [7, 11) is 0.